The molecule has 0 rings (SSSR count). The molecular formula is C9H19N3OS. The molecule has 0 heterocycles. The Morgan fingerprint density at radius 2 is 1.86 bits per heavy atom. The zero-order valence-corrected chi connectivity index (χ0v) is 9.63. The van der Waals surface area contributed by atoms with Gasteiger partial charge < -0.3 is 0 Å². The Hall–Kier alpha value is -0.540. The minimum atomic E-state index is -0.662. The summed E-state index contributed by atoms with van der Waals surface area (Å²) in [6.45, 7) is 2.67. The first-order valence-corrected chi connectivity index (χ1v) is 6.66. The van der Waals surface area contributed by atoms with Crippen LogP contribution in [0.4, 0.5) is 0 Å². The zero-order valence-electron chi connectivity index (χ0n) is 8.81. The Morgan fingerprint density at radius 1 is 1.21 bits per heavy atom. The van der Waals surface area contributed by atoms with Crippen molar-refractivity contribution in [2.45, 2.75) is 39.0 Å². The standard InChI is InChI=1S/C9H19N3OS/c1-2-3-5-8-14(13)9-6-4-7-11-12-10/h2-9H2,1H3. The van der Waals surface area contributed by atoms with Crippen LogP contribution in [0.25, 0.3) is 10.4 Å². The largest absolute Gasteiger partial charge is 0.260 e. The number of unbranched alkanes of at least 4 members (excludes halogenated alkanes) is 3. The van der Waals surface area contributed by atoms with Gasteiger partial charge in [-0.2, -0.15) is 0 Å². The maximum Gasteiger partial charge on any atom is 0.0258 e. The molecule has 4 nitrogen and oxygen atoms in total. The second-order valence-corrected chi connectivity index (χ2v) is 4.91. The summed E-state index contributed by atoms with van der Waals surface area (Å²) >= 11 is 0. The molecule has 0 radical (unpaired) electrons. The summed E-state index contributed by atoms with van der Waals surface area (Å²) in [4.78, 5) is 2.66. The first-order valence-electron chi connectivity index (χ1n) is 5.17. The van der Waals surface area contributed by atoms with Crippen molar-refractivity contribution >= 4 is 10.8 Å². The van der Waals surface area contributed by atoms with Gasteiger partial charge >= 0.3 is 0 Å². The van der Waals surface area contributed by atoms with Crippen molar-refractivity contribution < 1.29 is 4.21 Å². The molecule has 1 unspecified atom stereocenters. The fraction of sp³-hybridized carbons (Fsp3) is 1.00. The molecule has 0 aromatic heterocycles. The van der Waals surface area contributed by atoms with E-state index in [1.165, 1.54) is 12.8 Å². The summed E-state index contributed by atoms with van der Waals surface area (Å²) in [7, 11) is -0.662. The lowest BCUT2D eigenvalue weighted by molar-refractivity contribution is 0.671. The summed E-state index contributed by atoms with van der Waals surface area (Å²) < 4.78 is 11.4. The van der Waals surface area contributed by atoms with Crippen LogP contribution in [0.15, 0.2) is 5.11 Å². The number of hydrogen-bond acceptors (Lipinski definition) is 2. The quantitative estimate of drug-likeness (QED) is 0.253. The fourth-order valence-corrected chi connectivity index (χ4v) is 2.36. The summed E-state index contributed by atoms with van der Waals surface area (Å²) in [5.74, 6) is 1.58. The molecule has 0 fully saturated rings. The van der Waals surface area contributed by atoms with Gasteiger partial charge in [-0.25, -0.2) is 0 Å². The van der Waals surface area contributed by atoms with E-state index in [1.54, 1.807) is 0 Å². The van der Waals surface area contributed by atoms with E-state index in [0.717, 1.165) is 30.8 Å². The first kappa shape index (κ1) is 13.5. The Balaban J connectivity index is 3.22. The van der Waals surface area contributed by atoms with E-state index in [4.69, 9.17) is 5.53 Å². The summed E-state index contributed by atoms with van der Waals surface area (Å²) in [5.41, 5.74) is 8.02. The molecule has 1 atom stereocenters. The Kier molecular flexibility index (Phi) is 10.1. The van der Waals surface area contributed by atoms with E-state index in [0.29, 0.717) is 6.54 Å². The summed E-state index contributed by atoms with van der Waals surface area (Å²) in [6, 6.07) is 0. The predicted octanol–water partition coefficient (Wildman–Crippen LogP) is 3.02. The highest BCUT2D eigenvalue weighted by molar-refractivity contribution is 7.84. The molecule has 0 aromatic rings. The molecular weight excluding hydrogens is 198 g/mol. The van der Waals surface area contributed by atoms with Crippen molar-refractivity contribution in [3.8, 4) is 0 Å². The first-order chi connectivity index (χ1) is 6.81. The topological polar surface area (TPSA) is 65.8 Å². The number of nitrogens with zero attached hydrogens (tertiary/aromatic N) is 3. The van der Waals surface area contributed by atoms with E-state index in [-0.39, 0.29) is 0 Å². The molecule has 0 aliphatic carbocycles. The van der Waals surface area contributed by atoms with Crippen LogP contribution in [0, 0.1) is 0 Å². The van der Waals surface area contributed by atoms with Gasteiger partial charge in [0.05, 0.1) is 0 Å². The normalized spacial score (nSPS) is 12.1. The average Bonchev–Trinajstić information content (AvgIpc) is 2.18. The van der Waals surface area contributed by atoms with Crippen LogP contribution >= 0.6 is 0 Å². The molecule has 82 valence electrons. The highest BCUT2D eigenvalue weighted by Gasteiger charge is 1.98. The molecule has 0 saturated heterocycles. The summed E-state index contributed by atoms with van der Waals surface area (Å²) in [5, 5.41) is 3.43. The van der Waals surface area contributed by atoms with E-state index < -0.39 is 10.8 Å². The zero-order chi connectivity index (χ0) is 10.6. The van der Waals surface area contributed by atoms with Crippen LogP contribution in [-0.4, -0.2) is 22.3 Å². The van der Waals surface area contributed by atoms with Crippen LogP contribution in [0.5, 0.6) is 0 Å². The van der Waals surface area contributed by atoms with Crippen LogP contribution in [-0.2, 0) is 10.8 Å². The maximum atomic E-state index is 11.4. The lowest BCUT2D eigenvalue weighted by Crippen LogP contribution is -2.03. The van der Waals surface area contributed by atoms with Gasteiger partial charge in [-0.15, -0.1) is 0 Å². The molecule has 0 aromatic carbocycles. The molecule has 0 aliphatic heterocycles. The van der Waals surface area contributed by atoms with Gasteiger partial charge in [0.15, 0.2) is 0 Å². The van der Waals surface area contributed by atoms with Crippen molar-refractivity contribution in [3.05, 3.63) is 10.4 Å². The fourth-order valence-electron chi connectivity index (χ4n) is 1.11. The highest BCUT2D eigenvalue weighted by atomic mass is 32.2. The van der Waals surface area contributed by atoms with E-state index >= 15 is 0 Å². The van der Waals surface area contributed by atoms with Crippen molar-refractivity contribution in [3.63, 3.8) is 0 Å². The van der Waals surface area contributed by atoms with Crippen molar-refractivity contribution in [2.24, 2.45) is 5.11 Å². The third-order valence-electron chi connectivity index (χ3n) is 1.92. The third kappa shape index (κ3) is 9.55. The monoisotopic (exact) mass is 217 g/mol. The van der Waals surface area contributed by atoms with Crippen LogP contribution in [0.2, 0.25) is 0 Å². The average molecular weight is 217 g/mol. The molecule has 0 spiro atoms. The molecule has 0 amide bonds. The Morgan fingerprint density at radius 3 is 2.43 bits per heavy atom. The Labute approximate surface area is 88.2 Å². The van der Waals surface area contributed by atoms with Gasteiger partial charge in [0.1, 0.15) is 0 Å². The number of hydrogen-bond donors (Lipinski definition) is 0. The Bertz CT molecular complexity index is 202. The smallest absolute Gasteiger partial charge is 0.0258 e. The molecule has 0 N–H and O–H groups in total. The minimum absolute atomic E-state index is 0.530. The number of rotatable bonds is 9. The molecule has 14 heavy (non-hydrogen) atoms. The molecule has 5 heteroatoms. The maximum absolute atomic E-state index is 11.4. The van der Waals surface area contributed by atoms with E-state index in [9.17, 15) is 4.21 Å². The lowest BCUT2D eigenvalue weighted by atomic mass is 10.3. The third-order valence-corrected chi connectivity index (χ3v) is 3.41. The van der Waals surface area contributed by atoms with E-state index in [1.807, 2.05) is 0 Å². The van der Waals surface area contributed by atoms with Crippen molar-refractivity contribution in [2.75, 3.05) is 18.1 Å². The van der Waals surface area contributed by atoms with Crippen molar-refractivity contribution in [1.82, 2.24) is 0 Å². The van der Waals surface area contributed by atoms with Gasteiger partial charge in [-0.3, -0.25) is 4.21 Å². The predicted molar refractivity (Wildman–Crippen MR) is 60.6 cm³/mol. The van der Waals surface area contributed by atoms with Crippen molar-refractivity contribution in [1.29, 1.82) is 0 Å². The molecule has 0 aliphatic rings. The lowest BCUT2D eigenvalue weighted by Gasteiger charge is -2.00. The highest BCUT2D eigenvalue weighted by Crippen LogP contribution is 1.99. The SMILES string of the molecule is CCCCCS(=O)CCCCN=[N+]=[N-]. The van der Waals surface area contributed by atoms with Crippen LogP contribution in [0.3, 0.4) is 0 Å². The second kappa shape index (κ2) is 10.5. The van der Waals surface area contributed by atoms with E-state index in [2.05, 4.69) is 16.9 Å². The van der Waals surface area contributed by atoms with Crippen LogP contribution in [0.1, 0.15) is 39.0 Å². The molecule has 0 saturated carbocycles. The minimum Gasteiger partial charge on any atom is -0.260 e. The van der Waals surface area contributed by atoms with Gasteiger partial charge in [0.25, 0.3) is 0 Å². The molecule has 0 bridgehead atoms. The van der Waals surface area contributed by atoms with Gasteiger partial charge in [0.2, 0.25) is 0 Å². The van der Waals surface area contributed by atoms with Crippen LogP contribution < -0.4 is 0 Å². The van der Waals surface area contributed by atoms with Gasteiger partial charge in [-0.1, -0.05) is 24.9 Å². The van der Waals surface area contributed by atoms with Gasteiger partial charge in [-0.05, 0) is 24.8 Å². The second-order valence-electron chi connectivity index (χ2n) is 3.22. The summed E-state index contributed by atoms with van der Waals surface area (Å²) in [6.07, 6.45) is 5.17. The number of azide groups is 1. The van der Waals surface area contributed by atoms with Gasteiger partial charge in [0, 0.05) is 33.8 Å².